The summed E-state index contributed by atoms with van der Waals surface area (Å²) in [5, 5.41) is 0. The van der Waals surface area contributed by atoms with Crippen LogP contribution in [0, 0.1) is 24.2 Å². The van der Waals surface area contributed by atoms with Gasteiger partial charge in [-0.3, -0.25) is 0 Å². The van der Waals surface area contributed by atoms with Gasteiger partial charge in [-0.25, -0.2) is 0 Å². The van der Waals surface area contributed by atoms with E-state index < -0.39 is 0 Å². The summed E-state index contributed by atoms with van der Waals surface area (Å²) < 4.78 is 0. The van der Waals surface area contributed by atoms with Crippen molar-refractivity contribution in [2.75, 3.05) is 36.1 Å². The van der Waals surface area contributed by atoms with Crippen molar-refractivity contribution in [1.82, 2.24) is 0 Å². The summed E-state index contributed by atoms with van der Waals surface area (Å²) in [6.45, 7) is 3.64. The number of rotatable bonds is 8. The van der Waals surface area contributed by atoms with Crippen LogP contribution in [0.15, 0.2) is 0 Å². The number of terminal acetylenes is 1. The summed E-state index contributed by atoms with van der Waals surface area (Å²) in [6, 6.07) is 0. The van der Waals surface area contributed by atoms with Crippen LogP contribution in [0.3, 0.4) is 0 Å². The minimum Gasteiger partial charge on any atom is -0.330 e. The molecule has 4 heteroatoms. The van der Waals surface area contributed by atoms with Crippen molar-refractivity contribution in [2.24, 2.45) is 11.5 Å². The van der Waals surface area contributed by atoms with Gasteiger partial charge in [0, 0.05) is 6.42 Å². The first-order valence-electron chi connectivity index (χ1n) is 6.28. The van der Waals surface area contributed by atoms with E-state index in [1.165, 1.54) is 0 Å². The second-order valence-corrected chi connectivity index (χ2v) is 5.51. The lowest BCUT2D eigenvalue weighted by Gasteiger charge is -1.91. The molecule has 0 saturated carbocycles. The summed E-state index contributed by atoms with van der Waals surface area (Å²) in [5.74, 6) is 12.7. The van der Waals surface area contributed by atoms with E-state index in [1.807, 2.05) is 11.8 Å². The van der Waals surface area contributed by atoms with Crippen LogP contribution in [0.25, 0.3) is 0 Å². The van der Waals surface area contributed by atoms with E-state index in [0.717, 1.165) is 55.4 Å². The predicted octanol–water partition coefficient (Wildman–Crippen LogP) is 2.18. The molecule has 0 aliphatic carbocycles. The Hall–Kier alpha value is -0.260. The maximum Gasteiger partial charge on any atom is 0.0547 e. The fourth-order valence-corrected chi connectivity index (χ4v) is 2.15. The molecule has 0 amide bonds. The van der Waals surface area contributed by atoms with Crippen molar-refractivity contribution in [3.63, 3.8) is 0 Å². The topological polar surface area (TPSA) is 52.0 Å². The zero-order valence-corrected chi connectivity index (χ0v) is 13.0. The van der Waals surface area contributed by atoms with Crippen molar-refractivity contribution in [1.29, 1.82) is 0 Å². The summed E-state index contributed by atoms with van der Waals surface area (Å²) in [7, 11) is 0. The van der Waals surface area contributed by atoms with Crippen LogP contribution in [-0.2, 0) is 0 Å². The molecule has 0 aliphatic heterocycles. The Morgan fingerprint density at radius 1 is 0.944 bits per heavy atom. The molecular formula is C14H26N2S2. The minimum atomic E-state index is 0.775. The molecule has 2 nitrogen and oxygen atoms in total. The third kappa shape index (κ3) is 24.8. The van der Waals surface area contributed by atoms with Gasteiger partial charge in [-0.15, -0.1) is 35.9 Å². The Morgan fingerprint density at radius 3 is 1.94 bits per heavy atom. The zero-order chi connectivity index (χ0) is 13.9. The number of hydrogen-bond donors (Lipinski definition) is 2. The Bertz CT molecular complexity index is 238. The molecule has 0 rings (SSSR count). The van der Waals surface area contributed by atoms with Gasteiger partial charge in [0.1, 0.15) is 0 Å². The molecule has 0 aromatic rings. The molecule has 0 aromatic carbocycles. The molecular weight excluding hydrogens is 260 g/mol. The summed E-state index contributed by atoms with van der Waals surface area (Å²) in [6.07, 6.45) is 8.16. The van der Waals surface area contributed by atoms with Crippen molar-refractivity contribution >= 4 is 23.5 Å². The van der Waals surface area contributed by atoms with Gasteiger partial charge in [-0.05, 0) is 37.4 Å². The van der Waals surface area contributed by atoms with E-state index in [9.17, 15) is 0 Å². The van der Waals surface area contributed by atoms with Gasteiger partial charge in [-0.1, -0.05) is 18.8 Å². The molecule has 18 heavy (non-hydrogen) atoms. The number of thioether (sulfide) groups is 2. The summed E-state index contributed by atoms with van der Waals surface area (Å²) in [4.78, 5) is 0. The molecule has 0 heterocycles. The highest BCUT2D eigenvalue weighted by Crippen LogP contribution is 1.99. The van der Waals surface area contributed by atoms with Crippen LogP contribution in [0.2, 0.25) is 0 Å². The maximum absolute atomic E-state index is 5.32. The molecule has 0 aliphatic rings. The Labute approximate surface area is 121 Å². The third-order valence-electron chi connectivity index (χ3n) is 1.65. The van der Waals surface area contributed by atoms with Crippen LogP contribution in [0.5, 0.6) is 0 Å². The molecule has 0 aromatic heterocycles. The van der Waals surface area contributed by atoms with Crippen molar-refractivity contribution in [3.05, 3.63) is 0 Å². The second-order valence-electron chi connectivity index (χ2n) is 3.30. The maximum atomic E-state index is 5.32. The highest BCUT2D eigenvalue weighted by Gasteiger charge is 1.82. The second kappa shape index (κ2) is 22.0. The zero-order valence-electron chi connectivity index (χ0n) is 11.4. The first kappa shape index (κ1) is 20.1. The standard InChI is InChI=1S/C8H15NS.C6H11NS/c1-2-3-4-7-10-8-5-6-9;1-2-5-8-6-3-4-7/h2,5-9H2,1H3;1H,3-7H2. The molecule has 0 spiro atoms. The number of nitrogens with two attached hydrogens (primary N) is 2. The van der Waals surface area contributed by atoms with Gasteiger partial charge in [0.25, 0.3) is 0 Å². The lowest BCUT2D eigenvalue weighted by molar-refractivity contribution is 0.944. The monoisotopic (exact) mass is 286 g/mol. The minimum absolute atomic E-state index is 0.775. The summed E-state index contributed by atoms with van der Waals surface area (Å²) in [5.41, 5.74) is 10.6. The lowest BCUT2D eigenvalue weighted by Crippen LogP contribution is -1.99. The van der Waals surface area contributed by atoms with Crippen molar-refractivity contribution in [2.45, 2.75) is 26.2 Å². The SMILES string of the molecule is C#CCSCCCN.CCC#CCSCCCN. The van der Waals surface area contributed by atoms with E-state index in [1.54, 1.807) is 11.8 Å². The fraction of sp³-hybridized carbons (Fsp3) is 0.714. The van der Waals surface area contributed by atoms with Crippen LogP contribution < -0.4 is 11.5 Å². The molecule has 0 unspecified atom stereocenters. The Morgan fingerprint density at radius 2 is 1.50 bits per heavy atom. The smallest absolute Gasteiger partial charge is 0.0547 e. The van der Waals surface area contributed by atoms with Gasteiger partial charge in [0.15, 0.2) is 0 Å². The highest BCUT2D eigenvalue weighted by molar-refractivity contribution is 7.99. The Balaban J connectivity index is 0. The van der Waals surface area contributed by atoms with Crippen LogP contribution in [-0.4, -0.2) is 36.1 Å². The Kier molecular flexibility index (Phi) is 24.5. The summed E-state index contributed by atoms with van der Waals surface area (Å²) >= 11 is 3.63. The lowest BCUT2D eigenvalue weighted by atomic mass is 10.5. The average molecular weight is 287 g/mol. The molecule has 0 atom stereocenters. The molecule has 0 fully saturated rings. The normalized spacial score (nSPS) is 8.56. The average Bonchev–Trinajstić information content (AvgIpc) is 2.40. The van der Waals surface area contributed by atoms with Gasteiger partial charge >= 0.3 is 0 Å². The van der Waals surface area contributed by atoms with Gasteiger partial charge < -0.3 is 11.5 Å². The van der Waals surface area contributed by atoms with Crippen LogP contribution in [0.1, 0.15) is 26.2 Å². The molecule has 4 N–H and O–H groups in total. The van der Waals surface area contributed by atoms with E-state index in [-0.39, 0.29) is 0 Å². The van der Waals surface area contributed by atoms with E-state index >= 15 is 0 Å². The van der Waals surface area contributed by atoms with Crippen LogP contribution >= 0.6 is 23.5 Å². The molecule has 0 saturated heterocycles. The van der Waals surface area contributed by atoms with E-state index in [2.05, 4.69) is 24.7 Å². The van der Waals surface area contributed by atoms with Crippen LogP contribution in [0.4, 0.5) is 0 Å². The molecule has 0 bridgehead atoms. The van der Waals surface area contributed by atoms with E-state index in [0.29, 0.717) is 0 Å². The fourth-order valence-electron chi connectivity index (χ4n) is 0.801. The van der Waals surface area contributed by atoms with Crippen molar-refractivity contribution < 1.29 is 0 Å². The predicted molar refractivity (Wildman–Crippen MR) is 88.9 cm³/mol. The van der Waals surface area contributed by atoms with Gasteiger partial charge in [0.05, 0.1) is 11.5 Å². The number of hydrogen-bond acceptors (Lipinski definition) is 4. The molecule has 104 valence electrons. The quantitative estimate of drug-likeness (QED) is 0.530. The largest absolute Gasteiger partial charge is 0.330 e. The van der Waals surface area contributed by atoms with Crippen molar-refractivity contribution in [3.8, 4) is 24.2 Å². The van der Waals surface area contributed by atoms with E-state index in [4.69, 9.17) is 17.9 Å². The molecule has 0 radical (unpaired) electrons. The highest BCUT2D eigenvalue weighted by atomic mass is 32.2. The van der Waals surface area contributed by atoms with Gasteiger partial charge in [0.2, 0.25) is 0 Å². The first-order chi connectivity index (χ1) is 8.83. The first-order valence-corrected chi connectivity index (χ1v) is 8.59. The van der Waals surface area contributed by atoms with Gasteiger partial charge in [-0.2, -0.15) is 0 Å². The third-order valence-corrected chi connectivity index (χ3v) is 3.52.